The van der Waals surface area contributed by atoms with Gasteiger partial charge < -0.3 is 10.1 Å². The van der Waals surface area contributed by atoms with Gasteiger partial charge in [0.05, 0.1) is 0 Å². The van der Waals surface area contributed by atoms with Crippen LogP contribution in [-0.2, 0) is 16.0 Å². The molecule has 1 aliphatic rings. The van der Waals surface area contributed by atoms with E-state index < -0.39 is 0 Å². The van der Waals surface area contributed by atoms with E-state index in [1.807, 2.05) is 11.8 Å². The maximum absolute atomic E-state index is 11.8. The second-order valence-electron chi connectivity index (χ2n) is 5.06. The predicted molar refractivity (Wildman–Crippen MR) is 86.7 cm³/mol. The third-order valence-corrected chi connectivity index (χ3v) is 5.96. The largest absolute Gasteiger partial charge is 0.381 e. The lowest BCUT2D eigenvalue weighted by Crippen LogP contribution is -2.27. The van der Waals surface area contributed by atoms with E-state index in [0.717, 1.165) is 50.0 Å². The third kappa shape index (κ3) is 5.46. The number of hydrogen-bond donors (Lipinski definition) is 1. The molecule has 3 nitrogen and oxygen atoms in total. The Morgan fingerprint density at radius 2 is 2.30 bits per heavy atom. The van der Waals surface area contributed by atoms with E-state index >= 15 is 0 Å². The molecule has 1 aromatic heterocycles. The number of thioether (sulfide) groups is 1. The topological polar surface area (TPSA) is 38.3 Å². The minimum absolute atomic E-state index is 0.172. The molecule has 0 saturated carbocycles. The average Bonchev–Trinajstić information content (AvgIpc) is 2.88. The molecule has 1 saturated heterocycles. The zero-order valence-corrected chi connectivity index (χ0v) is 13.7. The molecule has 0 atom stereocenters. The molecule has 0 aromatic carbocycles. The molecular formula is C15H23NO2S2. The summed E-state index contributed by atoms with van der Waals surface area (Å²) in [6.07, 6.45) is 3.76. The Kier molecular flexibility index (Phi) is 6.90. The molecule has 112 valence electrons. The molecule has 0 aliphatic carbocycles. The quantitative estimate of drug-likeness (QED) is 0.786. The number of thiophene rings is 1. The van der Waals surface area contributed by atoms with Gasteiger partial charge in [0.25, 0.3) is 0 Å². The van der Waals surface area contributed by atoms with Gasteiger partial charge in [0.2, 0.25) is 5.91 Å². The fraction of sp³-hybridized carbons (Fsp3) is 0.667. The van der Waals surface area contributed by atoms with Gasteiger partial charge in [-0.2, -0.15) is 11.8 Å². The Hall–Kier alpha value is -0.520. The highest BCUT2D eigenvalue weighted by molar-refractivity contribution is 7.99. The molecular weight excluding hydrogens is 290 g/mol. The van der Waals surface area contributed by atoms with Crippen LogP contribution in [0.2, 0.25) is 0 Å². The lowest BCUT2D eigenvalue weighted by atomic mass is 10.2. The third-order valence-electron chi connectivity index (χ3n) is 3.49. The zero-order chi connectivity index (χ0) is 14.2. The van der Waals surface area contributed by atoms with E-state index in [9.17, 15) is 4.79 Å². The van der Waals surface area contributed by atoms with Gasteiger partial charge in [-0.15, -0.1) is 11.3 Å². The first-order valence-electron chi connectivity index (χ1n) is 7.24. The molecule has 0 bridgehead atoms. The van der Waals surface area contributed by atoms with Gasteiger partial charge in [-0.05, 0) is 43.2 Å². The van der Waals surface area contributed by atoms with Crippen molar-refractivity contribution in [2.75, 3.05) is 25.5 Å². The summed E-state index contributed by atoms with van der Waals surface area (Å²) in [4.78, 5) is 13.1. The van der Waals surface area contributed by atoms with Crippen LogP contribution >= 0.6 is 23.1 Å². The molecule has 0 unspecified atom stereocenters. The number of nitrogens with one attached hydrogen (secondary N) is 1. The Morgan fingerprint density at radius 3 is 3.00 bits per heavy atom. The van der Waals surface area contributed by atoms with Crippen molar-refractivity contribution in [3.8, 4) is 0 Å². The molecule has 1 N–H and O–H groups in total. The fourth-order valence-electron chi connectivity index (χ4n) is 2.23. The highest BCUT2D eigenvalue weighted by Gasteiger charge is 2.13. The molecule has 2 rings (SSSR count). The van der Waals surface area contributed by atoms with Gasteiger partial charge >= 0.3 is 0 Å². The van der Waals surface area contributed by atoms with Crippen LogP contribution in [0.25, 0.3) is 0 Å². The van der Waals surface area contributed by atoms with Crippen LogP contribution in [0, 0.1) is 6.92 Å². The van der Waals surface area contributed by atoms with Crippen molar-refractivity contribution in [2.45, 2.75) is 37.9 Å². The number of ether oxygens (including phenoxy) is 1. The molecule has 0 spiro atoms. The fourth-order valence-corrected chi connectivity index (χ4v) is 4.22. The predicted octanol–water partition coefficient (Wildman–Crippen LogP) is 3.02. The summed E-state index contributed by atoms with van der Waals surface area (Å²) in [5.41, 5.74) is 1.30. The smallest absolute Gasteiger partial charge is 0.220 e. The van der Waals surface area contributed by atoms with Crippen molar-refractivity contribution in [3.05, 3.63) is 21.9 Å². The summed E-state index contributed by atoms with van der Waals surface area (Å²) in [5, 5.41) is 5.83. The maximum Gasteiger partial charge on any atom is 0.220 e. The number of rotatable bonds is 7. The molecule has 20 heavy (non-hydrogen) atoms. The number of carbonyl (C=O) groups is 1. The Labute approximate surface area is 129 Å². The molecule has 1 amide bonds. The van der Waals surface area contributed by atoms with E-state index in [4.69, 9.17) is 4.74 Å². The standard InChI is InChI=1S/C15H23NO2S2/c1-12-6-10-20-14(12)2-3-15(17)16-7-11-19-13-4-8-18-9-5-13/h6,10,13H,2-5,7-9,11H2,1H3,(H,16,17). The van der Waals surface area contributed by atoms with E-state index in [1.54, 1.807) is 11.3 Å². The molecule has 1 fully saturated rings. The highest BCUT2D eigenvalue weighted by Crippen LogP contribution is 2.21. The summed E-state index contributed by atoms with van der Waals surface area (Å²) in [6, 6.07) is 2.11. The molecule has 5 heteroatoms. The number of aryl methyl sites for hydroxylation is 2. The van der Waals surface area contributed by atoms with Crippen molar-refractivity contribution >= 4 is 29.0 Å². The summed E-state index contributed by atoms with van der Waals surface area (Å²) in [6.45, 7) is 4.67. The van der Waals surface area contributed by atoms with E-state index in [1.165, 1.54) is 10.4 Å². The average molecular weight is 313 g/mol. The van der Waals surface area contributed by atoms with Gasteiger partial charge in [-0.1, -0.05) is 0 Å². The van der Waals surface area contributed by atoms with Gasteiger partial charge in [0, 0.05) is 42.1 Å². The minimum Gasteiger partial charge on any atom is -0.381 e. The first-order chi connectivity index (χ1) is 9.75. The van der Waals surface area contributed by atoms with Crippen LogP contribution < -0.4 is 5.32 Å². The van der Waals surface area contributed by atoms with Gasteiger partial charge in [-0.3, -0.25) is 4.79 Å². The van der Waals surface area contributed by atoms with Gasteiger partial charge in [0.1, 0.15) is 0 Å². The highest BCUT2D eigenvalue weighted by atomic mass is 32.2. The second-order valence-corrected chi connectivity index (χ2v) is 7.47. The van der Waals surface area contributed by atoms with E-state index in [2.05, 4.69) is 23.7 Å². The van der Waals surface area contributed by atoms with Crippen molar-refractivity contribution in [2.24, 2.45) is 0 Å². The monoisotopic (exact) mass is 313 g/mol. The van der Waals surface area contributed by atoms with Crippen LogP contribution in [0.4, 0.5) is 0 Å². The second kappa shape index (κ2) is 8.70. The Balaban J connectivity index is 1.53. The minimum atomic E-state index is 0.172. The lowest BCUT2D eigenvalue weighted by molar-refractivity contribution is -0.120. The number of hydrogen-bond acceptors (Lipinski definition) is 4. The Bertz CT molecular complexity index is 414. The summed E-state index contributed by atoms with van der Waals surface area (Å²) >= 11 is 3.71. The van der Waals surface area contributed by atoms with Crippen LogP contribution in [0.5, 0.6) is 0 Å². The summed E-state index contributed by atoms with van der Waals surface area (Å²) in [5.74, 6) is 1.18. The van der Waals surface area contributed by atoms with Crippen LogP contribution in [-0.4, -0.2) is 36.7 Å². The number of carbonyl (C=O) groups excluding carboxylic acids is 1. The van der Waals surface area contributed by atoms with Gasteiger partial charge in [-0.25, -0.2) is 0 Å². The van der Waals surface area contributed by atoms with Crippen LogP contribution in [0.1, 0.15) is 29.7 Å². The molecule has 1 aromatic rings. The summed E-state index contributed by atoms with van der Waals surface area (Å²) < 4.78 is 5.34. The lowest BCUT2D eigenvalue weighted by Gasteiger charge is -2.21. The first-order valence-corrected chi connectivity index (χ1v) is 9.17. The molecule has 2 heterocycles. The molecule has 0 radical (unpaired) electrons. The number of amides is 1. The Morgan fingerprint density at radius 1 is 1.50 bits per heavy atom. The van der Waals surface area contributed by atoms with E-state index in [0.29, 0.717) is 6.42 Å². The maximum atomic E-state index is 11.8. The van der Waals surface area contributed by atoms with Crippen molar-refractivity contribution in [3.63, 3.8) is 0 Å². The molecule has 1 aliphatic heterocycles. The normalized spacial score (nSPS) is 16.2. The van der Waals surface area contributed by atoms with E-state index in [-0.39, 0.29) is 5.91 Å². The SMILES string of the molecule is Cc1ccsc1CCC(=O)NCCSC1CCOCC1. The zero-order valence-electron chi connectivity index (χ0n) is 12.0. The van der Waals surface area contributed by atoms with Crippen LogP contribution in [0.15, 0.2) is 11.4 Å². The van der Waals surface area contributed by atoms with Gasteiger partial charge in [0.15, 0.2) is 0 Å². The van der Waals surface area contributed by atoms with Crippen molar-refractivity contribution < 1.29 is 9.53 Å². The summed E-state index contributed by atoms with van der Waals surface area (Å²) in [7, 11) is 0. The van der Waals surface area contributed by atoms with Crippen molar-refractivity contribution in [1.29, 1.82) is 0 Å². The van der Waals surface area contributed by atoms with Crippen LogP contribution in [0.3, 0.4) is 0 Å². The first kappa shape index (κ1) is 15.9. The van der Waals surface area contributed by atoms with Crippen molar-refractivity contribution in [1.82, 2.24) is 5.32 Å².